The lowest BCUT2D eigenvalue weighted by Crippen LogP contribution is -2.53. The largest absolute Gasteiger partial charge is 0.493 e. The van der Waals surface area contributed by atoms with E-state index in [0.717, 1.165) is 30.6 Å². The van der Waals surface area contributed by atoms with Crippen LogP contribution in [0.4, 0.5) is 0 Å². The van der Waals surface area contributed by atoms with Crippen LogP contribution in [0.2, 0.25) is 0 Å². The van der Waals surface area contributed by atoms with Crippen molar-refractivity contribution in [1.82, 2.24) is 0 Å². The predicted molar refractivity (Wildman–Crippen MR) is 122 cm³/mol. The van der Waals surface area contributed by atoms with Gasteiger partial charge in [0.1, 0.15) is 0 Å². The molecule has 0 heterocycles. The first-order valence-corrected chi connectivity index (χ1v) is 11.6. The minimum atomic E-state index is -0.113. The van der Waals surface area contributed by atoms with Crippen molar-refractivity contribution < 1.29 is 9.47 Å². The zero-order valence-electron chi connectivity index (χ0n) is 18.6. The number of benzene rings is 2. The lowest BCUT2D eigenvalue weighted by molar-refractivity contribution is 0.0435. The van der Waals surface area contributed by atoms with Crippen molar-refractivity contribution in [3.8, 4) is 17.6 Å². The van der Waals surface area contributed by atoms with Crippen molar-refractivity contribution in [2.45, 2.75) is 61.5 Å². The van der Waals surface area contributed by atoms with E-state index in [1.54, 1.807) is 14.2 Å². The molecule has 0 aromatic heterocycles. The van der Waals surface area contributed by atoms with Gasteiger partial charge in [-0.1, -0.05) is 39.0 Å². The first-order valence-electron chi connectivity index (χ1n) is 10.7. The molecule has 4 heteroatoms. The summed E-state index contributed by atoms with van der Waals surface area (Å²) in [5.41, 5.74) is 2.53. The summed E-state index contributed by atoms with van der Waals surface area (Å²) in [5, 5.41) is 10.6. The Morgan fingerprint density at radius 2 is 1.70 bits per heavy atom. The normalized spacial score (nSPS) is 29.3. The van der Waals surface area contributed by atoms with Crippen LogP contribution in [0.3, 0.4) is 0 Å². The molecule has 0 radical (unpaired) electrons. The summed E-state index contributed by atoms with van der Waals surface area (Å²) in [6.07, 6.45) is 3.17. The lowest BCUT2D eigenvalue weighted by atomic mass is 9.49. The van der Waals surface area contributed by atoms with E-state index in [2.05, 4.69) is 63.2 Å². The molecule has 4 rings (SSSR count). The summed E-state index contributed by atoms with van der Waals surface area (Å²) < 4.78 is 11.2. The Hall–Kier alpha value is -2.12. The number of fused-ring (bicyclic) bond motifs is 3. The van der Waals surface area contributed by atoms with Crippen LogP contribution in [0.5, 0.6) is 11.5 Å². The maximum absolute atomic E-state index is 10.0. The monoisotopic (exact) mass is 421 g/mol. The maximum atomic E-state index is 10.0. The molecule has 0 bridgehead atoms. The molecule has 2 aliphatic rings. The molecule has 1 fully saturated rings. The van der Waals surface area contributed by atoms with E-state index in [4.69, 9.17) is 9.47 Å². The number of ether oxygens (including phenoxy) is 2. The molecule has 2 aromatic carbocycles. The maximum Gasteiger partial charge on any atom is 0.161 e. The van der Waals surface area contributed by atoms with Gasteiger partial charge in [0.2, 0.25) is 0 Å². The Kier molecular flexibility index (Phi) is 5.53. The summed E-state index contributed by atoms with van der Waals surface area (Å²) in [7, 11) is 3.35. The number of rotatable bonds is 4. The van der Waals surface area contributed by atoms with Gasteiger partial charge in [-0.15, -0.1) is 11.8 Å². The number of hydrogen-bond donors (Lipinski definition) is 0. The third-order valence-electron chi connectivity index (χ3n) is 7.62. The fourth-order valence-electron chi connectivity index (χ4n) is 5.95. The Morgan fingerprint density at radius 3 is 2.33 bits per heavy atom. The molecule has 1 unspecified atom stereocenters. The highest BCUT2D eigenvalue weighted by atomic mass is 32.2. The van der Waals surface area contributed by atoms with E-state index in [9.17, 15) is 5.26 Å². The second-order valence-electron chi connectivity index (χ2n) is 9.46. The number of methoxy groups -OCH3 is 2. The fraction of sp³-hybridized carbons (Fsp3) is 0.500. The minimum absolute atomic E-state index is 0.0273. The highest BCUT2D eigenvalue weighted by Crippen LogP contribution is 2.62. The first kappa shape index (κ1) is 21.1. The van der Waals surface area contributed by atoms with E-state index in [1.165, 1.54) is 10.5 Å². The number of thioether (sulfide) groups is 1. The van der Waals surface area contributed by atoms with Crippen LogP contribution in [0.25, 0.3) is 0 Å². The average Bonchev–Trinajstić information content (AvgIpc) is 2.75. The lowest BCUT2D eigenvalue weighted by Gasteiger charge is -2.58. The molecule has 3 nitrogen and oxygen atoms in total. The molecule has 30 heavy (non-hydrogen) atoms. The zero-order valence-corrected chi connectivity index (χ0v) is 19.4. The standard InChI is InChI=1S/C26H31NO2S/c1-25(2)23-13-17(16-27)19-14-21(28-4)22(29-5)15-20(19)26(23,3)12-11-24(25)30-18-9-7-6-8-10-18/h6-10,14-15,17,23-24H,11-13H2,1-5H3/t17?,23-,24-,26+/m0/s1. The molecule has 0 N–H and O–H groups in total. The fourth-order valence-corrected chi connectivity index (χ4v) is 7.29. The number of hydrogen-bond acceptors (Lipinski definition) is 4. The Morgan fingerprint density at radius 1 is 1.03 bits per heavy atom. The van der Waals surface area contributed by atoms with Gasteiger partial charge in [0.25, 0.3) is 0 Å². The molecule has 1 saturated carbocycles. The molecule has 2 aromatic rings. The molecule has 4 atom stereocenters. The molecular weight excluding hydrogens is 390 g/mol. The van der Waals surface area contributed by atoms with Crippen LogP contribution >= 0.6 is 11.8 Å². The molecular formula is C26H31NO2S. The van der Waals surface area contributed by atoms with Crippen LogP contribution in [0.1, 0.15) is 57.1 Å². The van der Waals surface area contributed by atoms with E-state index >= 15 is 0 Å². The zero-order chi connectivity index (χ0) is 21.5. The van der Waals surface area contributed by atoms with Crippen molar-refractivity contribution in [1.29, 1.82) is 5.26 Å². The van der Waals surface area contributed by atoms with Crippen LogP contribution in [0, 0.1) is 22.7 Å². The van der Waals surface area contributed by atoms with Gasteiger partial charge in [-0.05, 0) is 71.4 Å². The van der Waals surface area contributed by atoms with Crippen LogP contribution in [0.15, 0.2) is 47.4 Å². The van der Waals surface area contributed by atoms with Crippen LogP contribution in [-0.2, 0) is 5.41 Å². The highest BCUT2D eigenvalue weighted by molar-refractivity contribution is 8.00. The Balaban J connectivity index is 1.77. The van der Waals surface area contributed by atoms with Crippen molar-refractivity contribution in [2.24, 2.45) is 11.3 Å². The summed E-state index contributed by atoms with van der Waals surface area (Å²) >= 11 is 2.00. The molecule has 158 valence electrons. The number of nitriles is 1. The quantitative estimate of drug-likeness (QED) is 0.560. The van der Waals surface area contributed by atoms with Crippen molar-refractivity contribution in [2.75, 3.05) is 14.2 Å². The Labute approximate surface area is 184 Å². The van der Waals surface area contributed by atoms with Crippen LogP contribution in [-0.4, -0.2) is 19.5 Å². The second-order valence-corrected chi connectivity index (χ2v) is 10.7. The van der Waals surface area contributed by atoms with Gasteiger partial charge >= 0.3 is 0 Å². The first-order chi connectivity index (χ1) is 14.3. The summed E-state index contributed by atoms with van der Waals surface area (Å²) in [6.45, 7) is 7.23. The topological polar surface area (TPSA) is 42.2 Å². The third kappa shape index (κ3) is 3.28. The van der Waals surface area contributed by atoms with Gasteiger partial charge in [-0.25, -0.2) is 0 Å². The van der Waals surface area contributed by atoms with Crippen LogP contribution < -0.4 is 9.47 Å². The van der Waals surface area contributed by atoms with E-state index in [-0.39, 0.29) is 16.7 Å². The van der Waals surface area contributed by atoms with Crippen molar-refractivity contribution in [3.63, 3.8) is 0 Å². The highest BCUT2D eigenvalue weighted by Gasteiger charge is 2.55. The molecule has 0 saturated heterocycles. The van der Waals surface area contributed by atoms with Gasteiger partial charge in [0.05, 0.1) is 26.2 Å². The number of nitrogens with zero attached hydrogens (tertiary/aromatic N) is 1. The minimum Gasteiger partial charge on any atom is -0.493 e. The summed E-state index contributed by atoms with van der Waals surface area (Å²) in [4.78, 5) is 1.33. The second kappa shape index (κ2) is 7.85. The Bertz CT molecular complexity index is 965. The summed E-state index contributed by atoms with van der Waals surface area (Å²) in [6, 6.07) is 17.5. The molecule has 0 spiro atoms. The van der Waals surface area contributed by atoms with E-state index in [1.807, 2.05) is 17.8 Å². The molecule has 0 amide bonds. The van der Waals surface area contributed by atoms with Gasteiger partial charge in [0, 0.05) is 10.1 Å². The predicted octanol–water partition coefficient (Wildman–Crippen LogP) is 6.57. The van der Waals surface area contributed by atoms with Crippen molar-refractivity contribution >= 4 is 11.8 Å². The smallest absolute Gasteiger partial charge is 0.161 e. The van der Waals surface area contributed by atoms with Gasteiger partial charge in [-0.3, -0.25) is 0 Å². The molecule has 0 aliphatic heterocycles. The van der Waals surface area contributed by atoms with Gasteiger partial charge in [0.15, 0.2) is 11.5 Å². The van der Waals surface area contributed by atoms with E-state index < -0.39 is 0 Å². The molecule has 2 aliphatic carbocycles. The van der Waals surface area contributed by atoms with E-state index in [0.29, 0.717) is 16.9 Å². The average molecular weight is 422 g/mol. The van der Waals surface area contributed by atoms with Gasteiger partial charge in [-0.2, -0.15) is 5.26 Å². The summed E-state index contributed by atoms with van der Waals surface area (Å²) in [5.74, 6) is 1.78. The third-order valence-corrected chi connectivity index (χ3v) is 9.29. The van der Waals surface area contributed by atoms with Gasteiger partial charge < -0.3 is 9.47 Å². The van der Waals surface area contributed by atoms with Crippen molar-refractivity contribution in [3.05, 3.63) is 53.6 Å². The SMILES string of the molecule is COc1cc2c(cc1OC)[C@@]1(C)CC[C@H](Sc3ccccc3)C(C)(C)[C@@H]1CC2C#N.